The van der Waals surface area contributed by atoms with Crippen LogP contribution in [0.3, 0.4) is 0 Å². The summed E-state index contributed by atoms with van der Waals surface area (Å²) in [6.45, 7) is 0. The molecule has 3 aromatic rings. The van der Waals surface area contributed by atoms with Gasteiger partial charge in [0.25, 0.3) is 0 Å². The van der Waals surface area contributed by atoms with Gasteiger partial charge in [-0.3, -0.25) is 4.79 Å². The summed E-state index contributed by atoms with van der Waals surface area (Å²) in [5.74, 6) is 0.549. The molecule has 0 bridgehead atoms. The number of ether oxygens (including phenoxy) is 2. The number of methoxy groups -OCH3 is 2. The van der Waals surface area contributed by atoms with Gasteiger partial charge in [-0.25, -0.2) is 13.1 Å². The summed E-state index contributed by atoms with van der Waals surface area (Å²) < 4.78 is 39.0. The second kappa shape index (κ2) is 12.7. The van der Waals surface area contributed by atoms with Crippen molar-refractivity contribution in [1.82, 2.24) is 4.72 Å². The smallest absolute Gasteiger partial charge is 0.305 e. The molecule has 1 atom stereocenters. The number of carbonyl (C=O) groups excluding carboxylic acids is 1. The molecule has 0 fully saturated rings. The highest BCUT2D eigenvalue weighted by molar-refractivity contribution is 7.89. The van der Waals surface area contributed by atoms with E-state index in [0.29, 0.717) is 30.7 Å². The van der Waals surface area contributed by atoms with Gasteiger partial charge in [-0.1, -0.05) is 48.0 Å². The number of sulfonamides is 1. The minimum Gasteiger partial charge on any atom is -0.497 e. The van der Waals surface area contributed by atoms with Crippen LogP contribution in [0.5, 0.6) is 5.75 Å². The zero-order chi connectivity index (χ0) is 25.3. The fraction of sp³-hybridized carbons (Fsp3) is 0.296. The molecule has 8 heteroatoms. The maximum Gasteiger partial charge on any atom is 0.305 e. The summed E-state index contributed by atoms with van der Waals surface area (Å²) in [5.41, 5.74) is 3.03. The van der Waals surface area contributed by atoms with Crippen LogP contribution in [0.2, 0.25) is 5.02 Å². The van der Waals surface area contributed by atoms with Crippen molar-refractivity contribution in [2.75, 3.05) is 14.2 Å². The average molecular weight is 516 g/mol. The molecule has 6 nitrogen and oxygen atoms in total. The highest BCUT2D eigenvalue weighted by Gasteiger charge is 2.21. The number of hydrogen-bond donors (Lipinski definition) is 1. The molecule has 0 amide bonds. The van der Waals surface area contributed by atoms with Crippen molar-refractivity contribution in [2.24, 2.45) is 0 Å². The largest absolute Gasteiger partial charge is 0.497 e. The SMILES string of the molecule is COC(=O)CCCc1ccc(C(CCc2ccc(OC)cc2)NS(=O)(=O)c2ccc(Cl)cc2)cc1. The lowest BCUT2D eigenvalue weighted by Crippen LogP contribution is -2.29. The van der Waals surface area contributed by atoms with Gasteiger partial charge in [-0.2, -0.15) is 0 Å². The van der Waals surface area contributed by atoms with E-state index < -0.39 is 16.1 Å². The maximum absolute atomic E-state index is 13.1. The molecule has 0 aliphatic carbocycles. The third-order valence-corrected chi connectivity index (χ3v) is 7.50. The highest BCUT2D eigenvalue weighted by atomic mass is 35.5. The first-order valence-corrected chi connectivity index (χ1v) is 13.2. The van der Waals surface area contributed by atoms with E-state index in [1.165, 1.54) is 19.2 Å². The zero-order valence-electron chi connectivity index (χ0n) is 19.9. The Hall–Kier alpha value is -2.87. The predicted octanol–water partition coefficient (Wildman–Crippen LogP) is 5.50. The minimum atomic E-state index is -3.76. The maximum atomic E-state index is 13.1. The van der Waals surface area contributed by atoms with Crippen LogP contribution in [0.1, 0.15) is 42.0 Å². The molecule has 35 heavy (non-hydrogen) atoms. The van der Waals surface area contributed by atoms with E-state index in [2.05, 4.69) is 9.46 Å². The number of hydrogen-bond acceptors (Lipinski definition) is 5. The normalized spacial score (nSPS) is 12.2. The molecular formula is C27H30ClNO5S. The van der Waals surface area contributed by atoms with Crippen LogP contribution < -0.4 is 9.46 Å². The van der Waals surface area contributed by atoms with Crippen LogP contribution in [0.15, 0.2) is 77.7 Å². The summed E-state index contributed by atoms with van der Waals surface area (Å²) >= 11 is 5.93. The number of benzene rings is 3. The molecule has 3 rings (SSSR count). The number of halogens is 1. The molecule has 1 N–H and O–H groups in total. The first kappa shape index (κ1) is 26.7. The number of aryl methyl sites for hydroxylation is 2. The summed E-state index contributed by atoms with van der Waals surface area (Å²) in [5, 5.41) is 0.475. The Kier molecular flexibility index (Phi) is 9.72. The highest BCUT2D eigenvalue weighted by Crippen LogP contribution is 2.25. The Morgan fingerprint density at radius 3 is 2.09 bits per heavy atom. The Balaban J connectivity index is 1.77. The number of carbonyl (C=O) groups is 1. The average Bonchev–Trinajstić information content (AvgIpc) is 2.87. The number of esters is 1. The van der Waals surface area contributed by atoms with Crippen LogP contribution in [-0.2, 0) is 32.4 Å². The zero-order valence-corrected chi connectivity index (χ0v) is 21.4. The van der Waals surface area contributed by atoms with Crippen molar-refractivity contribution >= 4 is 27.6 Å². The summed E-state index contributed by atoms with van der Waals surface area (Å²) in [6, 6.07) is 21.3. The summed E-state index contributed by atoms with van der Waals surface area (Å²) in [6.07, 6.45) is 3.04. The van der Waals surface area contributed by atoms with Gasteiger partial charge < -0.3 is 9.47 Å². The first-order valence-electron chi connectivity index (χ1n) is 11.4. The number of rotatable bonds is 12. The van der Waals surface area contributed by atoms with E-state index in [-0.39, 0.29) is 10.9 Å². The van der Waals surface area contributed by atoms with Crippen molar-refractivity contribution in [3.63, 3.8) is 0 Å². The van der Waals surface area contributed by atoms with Gasteiger partial charge >= 0.3 is 5.97 Å². The second-order valence-corrected chi connectivity index (χ2v) is 10.3. The van der Waals surface area contributed by atoms with Crippen LogP contribution in [0.25, 0.3) is 0 Å². The standard InChI is InChI=1S/C27H30ClNO5S/c1-33-24-15-8-21(9-16-24)10-19-26(29-35(31,32)25-17-13-23(28)14-18-25)22-11-6-20(7-12-22)4-3-5-27(30)34-2/h6-9,11-18,26,29H,3-5,10,19H2,1-2H3. The Morgan fingerprint density at radius 2 is 1.49 bits per heavy atom. The van der Waals surface area contributed by atoms with E-state index in [9.17, 15) is 13.2 Å². The van der Waals surface area contributed by atoms with Crippen molar-refractivity contribution in [2.45, 2.75) is 43.0 Å². The molecule has 186 valence electrons. The lowest BCUT2D eigenvalue weighted by molar-refractivity contribution is -0.140. The lowest BCUT2D eigenvalue weighted by Gasteiger charge is -2.20. The van der Waals surface area contributed by atoms with Crippen LogP contribution in [0, 0.1) is 0 Å². The molecule has 0 aliphatic heterocycles. The van der Waals surface area contributed by atoms with Gasteiger partial charge in [-0.15, -0.1) is 0 Å². The van der Waals surface area contributed by atoms with Gasteiger partial charge in [0.2, 0.25) is 10.0 Å². The minimum absolute atomic E-state index is 0.163. The molecule has 3 aromatic carbocycles. The van der Waals surface area contributed by atoms with Gasteiger partial charge in [-0.05, 0) is 78.8 Å². The van der Waals surface area contributed by atoms with Gasteiger partial charge in [0.05, 0.1) is 19.1 Å². The first-order chi connectivity index (χ1) is 16.8. The van der Waals surface area contributed by atoms with E-state index in [1.54, 1.807) is 19.2 Å². The predicted molar refractivity (Wildman–Crippen MR) is 137 cm³/mol. The lowest BCUT2D eigenvalue weighted by atomic mass is 9.98. The van der Waals surface area contributed by atoms with E-state index in [0.717, 1.165) is 28.9 Å². The number of nitrogens with one attached hydrogen (secondary N) is 1. The fourth-order valence-electron chi connectivity index (χ4n) is 3.72. The molecular weight excluding hydrogens is 486 g/mol. The van der Waals surface area contributed by atoms with E-state index in [1.807, 2.05) is 48.5 Å². The monoisotopic (exact) mass is 515 g/mol. The van der Waals surface area contributed by atoms with Crippen molar-refractivity contribution in [3.8, 4) is 5.75 Å². The third-order valence-electron chi connectivity index (χ3n) is 5.76. The molecule has 0 saturated carbocycles. The van der Waals surface area contributed by atoms with Crippen molar-refractivity contribution in [3.05, 3.63) is 94.5 Å². The quantitative estimate of drug-likeness (QED) is 0.322. The van der Waals surface area contributed by atoms with Crippen LogP contribution >= 0.6 is 11.6 Å². The second-order valence-electron chi connectivity index (χ2n) is 8.19. The fourth-order valence-corrected chi connectivity index (χ4v) is 5.11. The third kappa shape index (κ3) is 8.09. The Bertz CT molecular complexity index is 1190. The van der Waals surface area contributed by atoms with Crippen LogP contribution in [-0.4, -0.2) is 28.6 Å². The van der Waals surface area contributed by atoms with E-state index in [4.69, 9.17) is 16.3 Å². The van der Waals surface area contributed by atoms with E-state index >= 15 is 0 Å². The topological polar surface area (TPSA) is 81.7 Å². The van der Waals surface area contributed by atoms with Crippen molar-refractivity contribution in [1.29, 1.82) is 0 Å². The molecule has 0 spiro atoms. The van der Waals surface area contributed by atoms with Gasteiger partial charge in [0, 0.05) is 17.5 Å². The summed E-state index contributed by atoms with van der Waals surface area (Å²) in [7, 11) is -0.752. The molecule has 0 radical (unpaired) electrons. The van der Waals surface area contributed by atoms with Crippen molar-refractivity contribution < 1.29 is 22.7 Å². The molecule has 0 heterocycles. The molecule has 0 aromatic heterocycles. The van der Waals surface area contributed by atoms with Gasteiger partial charge in [0.1, 0.15) is 5.75 Å². The molecule has 1 unspecified atom stereocenters. The van der Waals surface area contributed by atoms with Gasteiger partial charge in [0.15, 0.2) is 0 Å². The Morgan fingerprint density at radius 1 is 0.886 bits per heavy atom. The summed E-state index contributed by atoms with van der Waals surface area (Å²) in [4.78, 5) is 11.5. The van der Waals surface area contributed by atoms with Crippen LogP contribution in [0.4, 0.5) is 0 Å². The molecule has 0 saturated heterocycles. The Labute approximate surface area is 212 Å². The molecule has 0 aliphatic rings.